The van der Waals surface area contributed by atoms with Crippen LogP contribution in [0.2, 0.25) is 0 Å². The number of aliphatic imine (C=N–C) groups is 1. The lowest BCUT2D eigenvalue weighted by Crippen LogP contribution is -2.32. The van der Waals surface area contributed by atoms with E-state index in [0.717, 1.165) is 46.5 Å². The maximum absolute atomic E-state index is 5.32. The van der Waals surface area contributed by atoms with Crippen LogP contribution in [-0.4, -0.2) is 10.8 Å². The molecule has 0 fully saturated rings. The van der Waals surface area contributed by atoms with Gasteiger partial charge in [-0.05, 0) is 85.7 Å². The summed E-state index contributed by atoms with van der Waals surface area (Å²) >= 11 is 0. The Morgan fingerprint density at radius 2 is 1.20 bits per heavy atom. The third kappa shape index (κ3) is 5.73. The second-order valence-electron chi connectivity index (χ2n) is 13.0. The Labute approximate surface area is 292 Å². The predicted octanol–water partition coefficient (Wildman–Crippen LogP) is 11.6. The number of nitrogens with zero attached hydrogens (tertiary/aromatic N) is 2. The van der Waals surface area contributed by atoms with E-state index >= 15 is 0 Å². The van der Waals surface area contributed by atoms with Crippen LogP contribution in [0.1, 0.15) is 35.6 Å². The highest BCUT2D eigenvalue weighted by Crippen LogP contribution is 2.35. The standard InChI is InChI=1S/C47H35N3/c1-2-10-32(11-3-1)33-20-24-36(25-21-33)45-29-46(37-26-22-35(23-27-37)44-31-48-30-40-13-5-7-18-43(40)44)50-47(49-45)39-16-8-15-38(28-39)42-19-9-14-34-12-4-6-17-41(34)42/h1-7,9-15,17-31,45H,8,16H2,(H,49,50). The molecule has 7 aromatic rings. The molecule has 2 heterocycles. The highest BCUT2D eigenvalue weighted by Gasteiger charge is 2.23. The summed E-state index contributed by atoms with van der Waals surface area (Å²) < 4.78 is 0. The Hall–Kier alpha value is -6.32. The van der Waals surface area contributed by atoms with E-state index in [9.17, 15) is 0 Å². The maximum Gasteiger partial charge on any atom is 0.130 e. The van der Waals surface area contributed by atoms with Crippen LogP contribution in [0.4, 0.5) is 0 Å². The van der Waals surface area contributed by atoms with Crippen LogP contribution in [0.15, 0.2) is 187 Å². The van der Waals surface area contributed by atoms with Crippen molar-refractivity contribution in [1.82, 2.24) is 10.3 Å². The van der Waals surface area contributed by atoms with E-state index in [1.54, 1.807) is 0 Å². The number of rotatable bonds is 6. The van der Waals surface area contributed by atoms with Gasteiger partial charge in [-0.25, -0.2) is 4.99 Å². The van der Waals surface area contributed by atoms with Crippen LogP contribution in [0.5, 0.6) is 0 Å². The molecule has 9 rings (SSSR count). The molecule has 1 aliphatic heterocycles. The highest BCUT2D eigenvalue weighted by molar-refractivity contribution is 6.07. The number of nitrogens with one attached hydrogen (secondary N) is 1. The predicted molar refractivity (Wildman–Crippen MR) is 210 cm³/mol. The smallest absolute Gasteiger partial charge is 0.130 e. The first-order chi connectivity index (χ1) is 24.8. The van der Waals surface area contributed by atoms with Crippen molar-refractivity contribution in [2.45, 2.75) is 18.9 Å². The molecular weight excluding hydrogens is 607 g/mol. The first kappa shape index (κ1) is 29.8. The molecule has 2 aliphatic rings. The van der Waals surface area contributed by atoms with Gasteiger partial charge in [0.05, 0.1) is 11.7 Å². The van der Waals surface area contributed by atoms with Crippen molar-refractivity contribution in [2.75, 3.05) is 0 Å². The Kier molecular flexibility index (Phi) is 7.71. The monoisotopic (exact) mass is 641 g/mol. The SMILES string of the molecule is C1=C(C2=NC(c3ccc(-c4cncc5ccccc45)cc3)=CC(c3ccc(-c4ccccc4)cc3)N2)CCC=C1c1cccc2ccccc12. The molecule has 1 aliphatic carbocycles. The van der Waals surface area contributed by atoms with Gasteiger partial charge in [-0.15, -0.1) is 0 Å². The van der Waals surface area contributed by atoms with Crippen LogP contribution in [0.3, 0.4) is 0 Å². The largest absolute Gasteiger partial charge is 0.359 e. The summed E-state index contributed by atoms with van der Waals surface area (Å²) in [7, 11) is 0. The fourth-order valence-electron chi connectivity index (χ4n) is 7.28. The first-order valence-electron chi connectivity index (χ1n) is 17.3. The Balaban J connectivity index is 1.10. The van der Waals surface area contributed by atoms with Crippen molar-refractivity contribution in [2.24, 2.45) is 4.99 Å². The minimum Gasteiger partial charge on any atom is -0.359 e. The van der Waals surface area contributed by atoms with Crippen LogP contribution in [0, 0.1) is 0 Å². The maximum atomic E-state index is 5.32. The molecule has 1 N–H and O–H groups in total. The van der Waals surface area contributed by atoms with Gasteiger partial charge in [0.25, 0.3) is 0 Å². The number of allylic oxidation sites excluding steroid dienone is 3. The number of hydrogen-bond acceptors (Lipinski definition) is 3. The van der Waals surface area contributed by atoms with Crippen LogP contribution in [0.25, 0.3) is 55.1 Å². The second-order valence-corrected chi connectivity index (χ2v) is 13.0. The molecule has 238 valence electrons. The number of amidine groups is 1. The van der Waals surface area contributed by atoms with Crippen molar-refractivity contribution < 1.29 is 0 Å². The van der Waals surface area contributed by atoms with Crippen LogP contribution >= 0.6 is 0 Å². The molecule has 0 spiro atoms. The summed E-state index contributed by atoms with van der Waals surface area (Å²) in [5, 5.41) is 8.71. The van der Waals surface area contributed by atoms with Crippen molar-refractivity contribution in [3.8, 4) is 22.3 Å². The summed E-state index contributed by atoms with van der Waals surface area (Å²) in [4.78, 5) is 9.84. The van der Waals surface area contributed by atoms with E-state index in [-0.39, 0.29) is 6.04 Å². The molecule has 1 aromatic heterocycles. The number of hydrogen-bond donors (Lipinski definition) is 1. The summed E-state index contributed by atoms with van der Waals surface area (Å²) in [5.74, 6) is 0.938. The first-order valence-corrected chi connectivity index (χ1v) is 17.3. The van der Waals surface area contributed by atoms with E-state index in [0.29, 0.717) is 0 Å². The molecule has 50 heavy (non-hydrogen) atoms. The van der Waals surface area contributed by atoms with Gasteiger partial charge in [-0.1, -0.05) is 152 Å². The van der Waals surface area contributed by atoms with E-state index in [2.05, 4.69) is 174 Å². The minimum atomic E-state index is -0.0305. The summed E-state index contributed by atoms with van der Waals surface area (Å²) in [5.41, 5.74) is 11.7. The van der Waals surface area contributed by atoms with Gasteiger partial charge in [-0.2, -0.15) is 0 Å². The topological polar surface area (TPSA) is 37.3 Å². The number of pyridine rings is 1. The van der Waals surface area contributed by atoms with Crippen molar-refractivity contribution in [3.05, 3.63) is 198 Å². The summed E-state index contributed by atoms with van der Waals surface area (Å²) in [6.07, 6.45) is 12.8. The van der Waals surface area contributed by atoms with E-state index in [4.69, 9.17) is 4.99 Å². The van der Waals surface area contributed by atoms with Gasteiger partial charge < -0.3 is 5.32 Å². The summed E-state index contributed by atoms with van der Waals surface area (Å²) in [6.45, 7) is 0. The molecule has 0 saturated carbocycles. The van der Waals surface area contributed by atoms with Gasteiger partial charge in [-0.3, -0.25) is 4.98 Å². The average Bonchev–Trinajstić information content (AvgIpc) is 3.21. The van der Waals surface area contributed by atoms with E-state index in [1.165, 1.54) is 49.6 Å². The molecule has 1 atom stereocenters. The van der Waals surface area contributed by atoms with Gasteiger partial charge in [0.2, 0.25) is 0 Å². The molecule has 0 bridgehead atoms. The lowest BCUT2D eigenvalue weighted by atomic mass is 9.90. The van der Waals surface area contributed by atoms with Gasteiger partial charge in [0, 0.05) is 23.3 Å². The number of fused-ring (bicyclic) bond motifs is 2. The third-order valence-corrected chi connectivity index (χ3v) is 9.90. The minimum absolute atomic E-state index is 0.0305. The van der Waals surface area contributed by atoms with Crippen molar-refractivity contribution in [1.29, 1.82) is 0 Å². The quantitative estimate of drug-likeness (QED) is 0.196. The fraction of sp³-hybridized carbons (Fsp3) is 0.0638. The zero-order valence-corrected chi connectivity index (χ0v) is 27.6. The van der Waals surface area contributed by atoms with Crippen molar-refractivity contribution >= 4 is 38.7 Å². The fourth-order valence-corrected chi connectivity index (χ4v) is 7.28. The van der Waals surface area contributed by atoms with Crippen molar-refractivity contribution in [3.63, 3.8) is 0 Å². The molecule has 3 heteroatoms. The zero-order valence-electron chi connectivity index (χ0n) is 27.6. The van der Waals surface area contributed by atoms with E-state index < -0.39 is 0 Å². The van der Waals surface area contributed by atoms with Gasteiger partial charge in [0.1, 0.15) is 5.84 Å². The third-order valence-electron chi connectivity index (χ3n) is 9.90. The Morgan fingerprint density at radius 3 is 2.02 bits per heavy atom. The van der Waals surface area contributed by atoms with Gasteiger partial charge in [0.15, 0.2) is 0 Å². The molecule has 0 radical (unpaired) electrons. The zero-order chi connectivity index (χ0) is 33.3. The molecule has 3 nitrogen and oxygen atoms in total. The lowest BCUT2D eigenvalue weighted by molar-refractivity contribution is 0.773. The summed E-state index contributed by atoms with van der Waals surface area (Å²) in [6, 6.07) is 51.9. The highest BCUT2D eigenvalue weighted by atomic mass is 15.0. The molecule has 0 saturated heterocycles. The normalized spacial score (nSPS) is 15.9. The van der Waals surface area contributed by atoms with Crippen LogP contribution < -0.4 is 5.32 Å². The Bertz CT molecular complexity index is 2470. The molecule has 6 aromatic carbocycles. The number of aromatic nitrogens is 1. The molecule has 0 amide bonds. The Morgan fingerprint density at radius 1 is 0.540 bits per heavy atom. The van der Waals surface area contributed by atoms with Gasteiger partial charge >= 0.3 is 0 Å². The molecule has 1 unspecified atom stereocenters. The van der Waals surface area contributed by atoms with E-state index in [1.807, 2.05) is 12.4 Å². The number of benzene rings is 6. The van der Waals surface area contributed by atoms with Crippen LogP contribution in [-0.2, 0) is 0 Å². The molecular formula is C47H35N3. The second kappa shape index (κ2) is 12.9. The lowest BCUT2D eigenvalue weighted by Gasteiger charge is -2.27. The average molecular weight is 642 g/mol.